The number of carbonyl (C=O) groups is 1. The topological polar surface area (TPSA) is 55.6 Å². The predicted molar refractivity (Wildman–Crippen MR) is 110 cm³/mol. The SMILES string of the molecule is COc1ccc(N=C2NC(=O)/C(=C/c3cccn3-c3ccccc3)S2)cc1. The monoisotopic (exact) mass is 375 g/mol. The van der Waals surface area contributed by atoms with Crippen molar-refractivity contribution in [3.63, 3.8) is 0 Å². The second-order valence-electron chi connectivity index (χ2n) is 5.82. The number of hydrogen-bond donors (Lipinski definition) is 1. The maximum atomic E-state index is 12.3. The standard InChI is InChI=1S/C21H17N3O2S/c1-26-18-11-9-15(10-12-18)22-21-23-20(25)19(27-21)14-17-8-5-13-24(17)16-6-3-2-4-7-16/h2-14H,1H3,(H,22,23,25)/b19-14-. The molecule has 1 aliphatic rings. The van der Waals surface area contributed by atoms with Gasteiger partial charge < -0.3 is 14.6 Å². The summed E-state index contributed by atoms with van der Waals surface area (Å²) in [5, 5.41) is 3.38. The maximum Gasteiger partial charge on any atom is 0.264 e. The van der Waals surface area contributed by atoms with Crippen molar-refractivity contribution in [3.05, 3.63) is 83.5 Å². The summed E-state index contributed by atoms with van der Waals surface area (Å²) in [4.78, 5) is 17.4. The van der Waals surface area contributed by atoms with Crippen LogP contribution in [-0.4, -0.2) is 22.8 Å². The van der Waals surface area contributed by atoms with Crippen molar-refractivity contribution >= 4 is 34.6 Å². The lowest BCUT2D eigenvalue weighted by molar-refractivity contribution is -0.115. The number of aliphatic imine (C=N–C) groups is 1. The van der Waals surface area contributed by atoms with E-state index in [4.69, 9.17) is 4.74 Å². The Labute approximate surface area is 161 Å². The number of amidine groups is 1. The highest BCUT2D eigenvalue weighted by Gasteiger charge is 2.24. The van der Waals surface area contributed by atoms with Crippen molar-refractivity contribution in [1.29, 1.82) is 0 Å². The number of ether oxygens (including phenoxy) is 1. The Morgan fingerprint density at radius 3 is 2.56 bits per heavy atom. The van der Waals surface area contributed by atoms with E-state index in [1.54, 1.807) is 7.11 Å². The molecule has 2 aromatic carbocycles. The summed E-state index contributed by atoms with van der Waals surface area (Å²) in [5.41, 5.74) is 2.74. The molecule has 134 valence electrons. The first-order valence-corrected chi connectivity index (χ1v) is 9.21. The van der Waals surface area contributed by atoms with Gasteiger partial charge in [0, 0.05) is 17.6 Å². The summed E-state index contributed by atoms with van der Waals surface area (Å²) in [6.45, 7) is 0. The molecule has 4 rings (SSSR count). The van der Waals surface area contributed by atoms with Crippen LogP contribution in [0, 0.1) is 0 Å². The number of benzene rings is 2. The van der Waals surface area contributed by atoms with Gasteiger partial charge in [-0.25, -0.2) is 4.99 Å². The van der Waals surface area contributed by atoms with Gasteiger partial charge in [-0.1, -0.05) is 18.2 Å². The fraction of sp³-hybridized carbons (Fsp3) is 0.0476. The molecule has 0 aliphatic carbocycles. The van der Waals surface area contributed by atoms with E-state index in [0.717, 1.165) is 22.8 Å². The average Bonchev–Trinajstić information content (AvgIpc) is 3.30. The molecule has 1 saturated heterocycles. The van der Waals surface area contributed by atoms with Crippen molar-refractivity contribution in [2.24, 2.45) is 4.99 Å². The Hall–Kier alpha value is -3.25. The van der Waals surface area contributed by atoms with E-state index in [9.17, 15) is 4.79 Å². The number of amides is 1. The molecule has 27 heavy (non-hydrogen) atoms. The number of thioether (sulfide) groups is 1. The number of rotatable bonds is 4. The Morgan fingerprint density at radius 2 is 1.81 bits per heavy atom. The van der Waals surface area contributed by atoms with E-state index in [2.05, 4.69) is 10.3 Å². The first-order chi connectivity index (χ1) is 13.2. The normalized spacial score (nSPS) is 16.7. The summed E-state index contributed by atoms with van der Waals surface area (Å²) in [7, 11) is 1.62. The number of nitrogens with one attached hydrogen (secondary N) is 1. The molecule has 0 saturated carbocycles. The van der Waals surface area contributed by atoms with Gasteiger partial charge in [-0.05, 0) is 66.4 Å². The fourth-order valence-corrected chi connectivity index (χ4v) is 3.55. The van der Waals surface area contributed by atoms with Crippen molar-refractivity contribution in [1.82, 2.24) is 9.88 Å². The Morgan fingerprint density at radius 1 is 1.04 bits per heavy atom. The summed E-state index contributed by atoms with van der Waals surface area (Å²) >= 11 is 1.33. The lowest BCUT2D eigenvalue weighted by Crippen LogP contribution is -2.19. The van der Waals surface area contributed by atoms with E-state index in [1.165, 1.54) is 11.8 Å². The molecule has 1 N–H and O–H groups in total. The van der Waals surface area contributed by atoms with Crippen molar-refractivity contribution in [2.75, 3.05) is 7.11 Å². The molecule has 5 nitrogen and oxygen atoms in total. The number of aromatic nitrogens is 1. The van der Waals surface area contributed by atoms with Crippen molar-refractivity contribution < 1.29 is 9.53 Å². The van der Waals surface area contributed by atoms with Crippen LogP contribution in [0.2, 0.25) is 0 Å². The number of nitrogens with zero attached hydrogens (tertiary/aromatic N) is 2. The van der Waals surface area contributed by atoms with Crippen LogP contribution in [0.25, 0.3) is 11.8 Å². The average molecular weight is 375 g/mol. The minimum Gasteiger partial charge on any atom is -0.497 e. The minimum absolute atomic E-state index is 0.145. The Balaban J connectivity index is 1.58. The number of methoxy groups -OCH3 is 1. The number of carbonyl (C=O) groups excluding carboxylic acids is 1. The summed E-state index contributed by atoms with van der Waals surface area (Å²) in [6, 6.07) is 21.3. The van der Waals surface area contributed by atoms with Gasteiger partial charge in [-0.3, -0.25) is 4.79 Å². The van der Waals surface area contributed by atoms with Crippen LogP contribution in [0.5, 0.6) is 5.75 Å². The first-order valence-electron chi connectivity index (χ1n) is 8.39. The third-order valence-corrected chi connectivity index (χ3v) is 4.96. The third-order valence-electron chi connectivity index (χ3n) is 4.05. The van der Waals surface area contributed by atoms with Gasteiger partial charge in [0.2, 0.25) is 0 Å². The van der Waals surface area contributed by atoms with Crippen LogP contribution in [0.3, 0.4) is 0 Å². The molecule has 0 radical (unpaired) electrons. The largest absolute Gasteiger partial charge is 0.497 e. The van der Waals surface area contributed by atoms with Gasteiger partial charge in [-0.2, -0.15) is 0 Å². The van der Waals surface area contributed by atoms with Crippen LogP contribution in [0.1, 0.15) is 5.69 Å². The van der Waals surface area contributed by atoms with Gasteiger partial charge in [0.25, 0.3) is 5.91 Å². The number of hydrogen-bond acceptors (Lipinski definition) is 4. The molecule has 0 atom stereocenters. The molecule has 0 bridgehead atoms. The van der Waals surface area contributed by atoms with Gasteiger partial charge in [0.15, 0.2) is 5.17 Å². The van der Waals surface area contributed by atoms with E-state index >= 15 is 0 Å². The highest BCUT2D eigenvalue weighted by atomic mass is 32.2. The summed E-state index contributed by atoms with van der Waals surface area (Å²) in [5.74, 6) is 0.623. The van der Waals surface area contributed by atoms with E-state index < -0.39 is 0 Å². The first kappa shape index (κ1) is 17.2. The molecule has 6 heteroatoms. The second kappa shape index (κ2) is 7.55. The fourth-order valence-electron chi connectivity index (χ4n) is 2.72. The third kappa shape index (κ3) is 3.80. The molecule has 0 spiro atoms. The van der Waals surface area contributed by atoms with E-state index in [-0.39, 0.29) is 5.91 Å². The van der Waals surface area contributed by atoms with Crippen LogP contribution in [0.4, 0.5) is 5.69 Å². The summed E-state index contributed by atoms with van der Waals surface area (Å²) in [6.07, 6.45) is 3.86. The van der Waals surface area contributed by atoms with Crippen LogP contribution in [0.15, 0.2) is 82.8 Å². The van der Waals surface area contributed by atoms with Crippen molar-refractivity contribution in [2.45, 2.75) is 0 Å². The molecular formula is C21H17N3O2S. The van der Waals surface area contributed by atoms with Crippen LogP contribution < -0.4 is 10.1 Å². The smallest absolute Gasteiger partial charge is 0.264 e. The zero-order valence-electron chi connectivity index (χ0n) is 14.6. The van der Waals surface area contributed by atoms with Crippen LogP contribution in [-0.2, 0) is 4.79 Å². The Bertz CT molecular complexity index is 1020. The number of para-hydroxylation sites is 1. The summed E-state index contributed by atoms with van der Waals surface area (Å²) < 4.78 is 7.19. The second-order valence-corrected chi connectivity index (χ2v) is 6.85. The highest BCUT2D eigenvalue weighted by molar-refractivity contribution is 8.18. The molecule has 1 fully saturated rings. The highest BCUT2D eigenvalue weighted by Crippen LogP contribution is 2.29. The maximum absolute atomic E-state index is 12.3. The molecule has 0 unspecified atom stereocenters. The molecule has 1 aromatic heterocycles. The van der Waals surface area contributed by atoms with E-state index in [0.29, 0.717) is 10.1 Å². The zero-order chi connectivity index (χ0) is 18.6. The lowest BCUT2D eigenvalue weighted by Gasteiger charge is -2.06. The Kier molecular flexibility index (Phi) is 4.80. The van der Waals surface area contributed by atoms with Crippen LogP contribution >= 0.6 is 11.8 Å². The van der Waals surface area contributed by atoms with E-state index in [1.807, 2.05) is 83.6 Å². The minimum atomic E-state index is -0.145. The lowest BCUT2D eigenvalue weighted by atomic mass is 10.3. The molecule has 1 amide bonds. The zero-order valence-corrected chi connectivity index (χ0v) is 15.4. The molecule has 2 heterocycles. The van der Waals surface area contributed by atoms with Gasteiger partial charge in [-0.15, -0.1) is 0 Å². The van der Waals surface area contributed by atoms with Gasteiger partial charge in [0.05, 0.1) is 17.7 Å². The predicted octanol–water partition coefficient (Wildman–Crippen LogP) is 4.38. The van der Waals surface area contributed by atoms with Gasteiger partial charge in [0.1, 0.15) is 5.75 Å². The molecule has 3 aromatic rings. The molecule has 1 aliphatic heterocycles. The molecular weight excluding hydrogens is 358 g/mol. The van der Waals surface area contributed by atoms with Gasteiger partial charge >= 0.3 is 0 Å². The van der Waals surface area contributed by atoms with Crippen molar-refractivity contribution in [3.8, 4) is 11.4 Å². The quantitative estimate of drug-likeness (QED) is 0.689.